The number of hydrogen-bond donors (Lipinski definition) is 0. The molecule has 0 aromatic carbocycles. The van der Waals surface area contributed by atoms with Crippen molar-refractivity contribution >= 4 is 11.9 Å². The number of amides is 1. The van der Waals surface area contributed by atoms with E-state index >= 15 is 0 Å². The second-order valence-electron chi connectivity index (χ2n) is 4.20. The van der Waals surface area contributed by atoms with Gasteiger partial charge in [0.05, 0.1) is 32.8 Å². The Morgan fingerprint density at radius 1 is 1.19 bits per heavy atom. The zero-order valence-corrected chi connectivity index (χ0v) is 12.5. The molecule has 21 heavy (non-hydrogen) atoms. The minimum atomic E-state index is -0.363. The fourth-order valence-corrected chi connectivity index (χ4v) is 1.65. The summed E-state index contributed by atoms with van der Waals surface area (Å²) in [7, 11) is 4.38. The molecule has 1 heterocycles. The van der Waals surface area contributed by atoms with Crippen LogP contribution >= 0.6 is 0 Å². The van der Waals surface area contributed by atoms with Crippen molar-refractivity contribution in [2.45, 2.75) is 6.42 Å². The van der Waals surface area contributed by atoms with E-state index in [-0.39, 0.29) is 24.8 Å². The normalized spacial score (nSPS) is 10.0. The van der Waals surface area contributed by atoms with Gasteiger partial charge in [-0.25, -0.2) is 4.98 Å². The van der Waals surface area contributed by atoms with Crippen molar-refractivity contribution in [3.8, 4) is 5.88 Å². The van der Waals surface area contributed by atoms with Crippen LogP contribution in [-0.4, -0.2) is 62.8 Å². The van der Waals surface area contributed by atoms with E-state index in [1.54, 1.807) is 19.2 Å². The topological polar surface area (TPSA) is 78.0 Å². The molecular formula is C14H20N2O5. The zero-order valence-electron chi connectivity index (χ0n) is 12.5. The van der Waals surface area contributed by atoms with Gasteiger partial charge in [-0.15, -0.1) is 0 Å². The van der Waals surface area contributed by atoms with Crippen LogP contribution in [0.25, 0.3) is 0 Å². The van der Waals surface area contributed by atoms with Crippen molar-refractivity contribution in [3.05, 3.63) is 23.9 Å². The van der Waals surface area contributed by atoms with Crippen LogP contribution in [0.4, 0.5) is 0 Å². The molecule has 7 nitrogen and oxygen atoms in total. The SMILES string of the molecule is COCCN(CCC(=O)OC)C(=O)c1ccc(OC)nc1. The van der Waals surface area contributed by atoms with Crippen LogP contribution in [0.1, 0.15) is 16.8 Å². The monoisotopic (exact) mass is 296 g/mol. The second kappa shape index (κ2) is 8.91. The van der Waals surface area contributed by atoms with Crippen LogP contribution in [0.2, 0.25) is 0 Å². The molecule has 7 heteroatoms. The van der Waals surface area contributed by atoms with E-state index in [0.29, 0.717) is 24.6 Å². The van der Waals surface area contributed by atoms with Gasteiger partial charge in [-0.05, 0) is 6.07 Å². The van der Waals surface area contributed by atoms with Crippen molar-refractivity contribution in [2.24, 2.45) is 0 Å². The van der Waals surface area contributed by atoms with E-state index in [0.717, 1.165) is 0 Å². The summed E-state index contributed by atoms with van der Waals surface area (Å²) in [6.45, 7) is 1.04. The molecule has 0 aliphatic carbocycles. The van der Waals surface area contributed by atoms with Gasteiger partial charge in [-0.3, -0.25) is 9.59 Å². The van der Waals surface area contributed by atoms with Gasteiger partial charge in [-0.1, -0.05) is 0 Å². The highest BCUT2D eigenvalue weighted by Crippen LogP contribution is 2.10. The maximum Gasteiger partial charge on any atom is 0.307 e. The molecule has 0 bridgehead atoms. The molecule has 0 atom stereocenters. The lowest BCUT2D eigenvalue weighted by Crippen LogP contribution is -2.35. The highest BCUT2D eigenvalue weighted by Gasteiger charge is 2.17. The Balaban J connectivity index is 2.74. The van der Waals surface area contributed by atoms with Gasteiger partial charge >= 0.3 is 5.97 Å². The first-order valence-corrected chi connectivity index (χ1v) is 6.47. The van der Waals surface area contributed by atoms with Crippen molar-refractivity contribution in [1.29, 1.82) is 0 Å². The van der Waals surface area contributed by atoms with Gasteiger partial charge in [0.2, 0.25) is 5.88 Å². The van der Waals surface area contributed by atoms with Crippen LogP contribution < -0.4 is 4.74 Å². The van der Waals surface area contributed by atoms with E-state index in [9.17, 15) is 9.59 Å². The highest BCUT2D eigenvalue weighted by molar-refractivity contribution is 5.94. The summed E-state index contributed by atoms with van der Waals surface area (Å²) in [6.07, 6.45) is 1.58. The Morgan fingerprint density at radius 2 is 1.95 bits per heavy atom. The third-order valence-electron chi connectivity index (χ3n) is 2.86. The molecular weight excluding hydrogens is 276 g/mol. The van der Waals surface area contributed by atoms with Gasteiger partial charge in [0.15, 0.2) is 0 Å². The van der Waals surface area contributed by atoms with E-state index in [4.69, 9.17) is 9.47 Å². The fraction of sp³-hybridized carbons (Fsp3) is 0.500. The lowest BCUT2D eigenvalue weighted by Gasteiger charge is -2.21. The Hall–Kier alpha value is -2.15. The molecule has 1 rings (SSSR count). The Bertz CT molecular complexity index is 461. The summed E-state index contributed by atoms with van der Waals surface area (Å²) < 4.78 is 14.5. The maximum atomic E-state index is 12.4. The second-order valence-corrected chi connectivity index (χ2v) is 4.20. The van der Waals surface area contributed by atoms with E-state index in [1.807, 2.05) is 0 Å². The molecule has 1 aromatic heterocycles. The van der Waals surface area contributed by atoms with Gasteiger partial charge in [0.1, 0.15) is 0 Å². The van der Waals surface area contributed by atoms with Crippen LogP contribution in [0.3, 0.4) is 0 Å². The Kier molecular flexibility index (Phi) is 7.17. The van der Waals surface area contributed by atoms with Crippen LogP contribution in [0.15, 0.2) is 18.3 Å². The number of pyridine rings is 1. The number of carbonyl (C=O) groups is 2. The first-order valence-electron chi connectivity index (χ1n) is 6.47. The lowest BCUT2D eigenvalue weighted by atomic mass is 10.2. The van der Waals surface area contributed by atoms with E-state index in [1.165, 1.54) is 25.3 Å². The van der Waals surface area contributed by atoms with E-state index < -0.39 is 0 Å². The number of nitrogens with zero attached hydrogens (tertiary/aromatic N) is 2. The predicted octanol–water partition coefficient (Wildman–Crippen LogP) is 0.742. The average molecular weight is 296 g/mol. The molecule has 116 valence electrons. The summed E-state index contributed by atoms with van der Waals surface area (Å²) in [5.41, 5.74) is 0.428. The van der Waals surface area contributed by atoms with Gasteiger partial charge in [-0.2, -0.15) is 0 Å². The zero-order chi connectivity index (χ0) is 15.7. The quantitative estimate of drug-likeness (QED) is 0.659. The number of carbonyl (C=O) groups excluding carboxylic acids is 2. The molecule has 1 aromatic rings. The smallest absolute Gasteiger partial charge is 0.307 e. The molecule has 1 amide bonds. The third-order valence-corrected chi connectivity index (χ3v) is 2.86. The largest absolute Gasteiger partial charge is 0.481 e. The summed E-state index contributed by atoms with van der Waals surface area (Å²) in [4.78, 5) is 29.1. The lowest BCUT2D eigenvalue weighted by molar-refractivity contribution is -0.140. The summed E-state index contributed by atoms with van der Waals surface area (Å²) in [6, 6.07) is 3.24. The van der Waals surface area contributed by atoms with Crippen molar-refractivity contribution in [2.75, 3.05) is 41.0 Å². The molecule has 0 unspecified atom stereocenters. The number of methoxy groups -OCH3 is 3. The molecule has 0 N–H and O–H groups in total. The minimum Gasteiger partial charge on any atom is -0.481 e. The minimum absolute atomic E-state index is 0.134. The fourth-order valence-electron chi connectivity index (χ4n) is 1.65. The summed E-state index contributed by atoms with van der Waals surface area (Å²) >= 11 is 0. The van der Waals surface area contributed by atoms with Gasteiger partial charge < -0.3 is 19.1 Å². The number of rotatable bonds is 8. The van der Waals surface area contributed by atoms with Crippen LogP contribution in [0, 0.1) is 0 Å². The first kappa shape index (κ1) is 16.9. The molecule has 0 fully saturated rings. The summed E-state index contributed by atoms with van der Waals surface area (Å²) in [5, 5.41) is 0. The molecule has 0 saturated carbocycles. The molecule has 0 aliphatic rings. The number of esters is 1. The standard InChI is InChI=1S/C14H20N2O5/c1-19-9-8-16(7-6-13(17)21-3)14(18)11-4-5-12(20-2)15-10-11/h4-5,10H,6-9H2,1-3H3. The average Bonchev–Trinajstić information content (AvgIpc) is 2.54. The molecule has 0 radical (unpaired) electrons. The van der Waals surface area contributed by atoms with Gasteiger partial charge in [0.25, 0.3) is 5.91 Å². The third kappa shape index (κ3) is 5.39. The number of aromatic nitrogens is 1. The number of ether oxygens (including phenoxy) is 3. The molecule has 0 aliphatic heterocycles. The first-order chi connectivity index (χ1) is 10.1. The predicted molar refractivity (Wildman–Crippen MR) is 75.2 cm³/mol. The van der Waals surface area contributed by atoms with Crippen molar-refractivity contribution in [1.82, 2.24) is 9.88 Å². The van der Waals surface area contributed by atoms with Crippen LogP contribution in [0.5, 0.6) is 5.88 Å². The molecule has 0 spiro atoms. The summed E-state index contributed by atoms with van der Waals surface area (Å²) in [5.74, 6) is -0.145. The van der Waals surface area contributed by atoms with Crippen molar-refractivity contribution in [3.63, 3.8) is 0 Å². The van der Waals surface area contributed by atoms with Crippen LogP contribution in [-0.2, 0) is 14.3 Å². The molecule has 0 saturated heterocycles. The van der Waals surface area contributed by atoms with Gasteiger partial charge in [0, 0.05) is 32.5 Å². The van der Waals surface area contributed by atoms with Crippen molar-refractivity contribution < 1.29 is 23.8 Å². The Labute approximate surface area is 123 Å². The number of hydrogen-bond acceptors (Lipinski definition) is 6. The Morgan fingerprint density at radius 3 is 2.48 bits per heavy atom. The highest BCUT2D eigenvalue weighted by atomic mass is 16.5. The van der Waals surface area contributed by atoms with E-state index in [2.05, 4.69) is 9.72 Å². The maximum absolute atomic E-state index is 12.4.